The number of carbonyl (C=O) groups excluding carboxylic acids is 1. The predicted molar refractivity (Wildman–Crippen MR) is 138 cm³/mol. The van der Waals surface area contributed by atoms with Crippen molar-refractivity contribution in [3.05, 3.63) is 89.5 Å². The first kappa shape index (κ1) is 22.3. The van der Waals surface area contributed by atoms with E-state index in [4.69, 9.17) is 4.74 Å². The highest BCUT2D eigenvalue weighted by Crippen LogP contribution is 2.37. The van der Waals surface area contributed by atoms with E-state index in [0.29, 0.717) is 6.54 Å². The SMILES string of the molecule is COc1ccc(CCNC(=O)C2Cc3ccccc3N3CCN(c4ccc(C)cc4)CC23)cc1. The molecule has 0 spiro atoms. The standard InChI is InChI=1S/C29H33N3O2/c1-21-7-11-24(12-8-21)31-17-18-32-27-6-4-3-5-23(27)19-26(28(32)20-31)29(33)30-16-15-22-9-13-25(34-2)14-10-22/h3-14,26,28H,15-20H2,1-2H3,(H,30,33). The van der Waals surface area contributed by atoms with Crippen LogP contribution in [-0.4, -0.2) is 45.2 Å². The lowest BCUT2D eigenvalue weighted by atomic mass is 9.83. The third-order valence-corrected chi connectivity index (χ3v) is 7.23. The summed E-state index contributed by atoms with van der Waals surface area (Å²) in [6, 6.07) is 25.5. The summed E-state index contributed by atoms with van der Waals surface area (Å²) in [6.07, 6.45) is 1.59. The number of ether oxygens (including phenoxy) is 1. The summed E-state index contributed by atoms with van der Waals surface area (Å²) in [6.45, 7) is 5.49. The number of amides is 1. The van der Waals surface area contributed by atoms with Gasteiger partial charge in [0.25, 0.3) is 0 Å². The maximum Gasteiger partial charge on any atom is 0.225 e. The van der Waals surface area contributed by atoms with Crippen LogP contribution in [0.2, 0.25) is 0 Å². The quantitative estimate of drug-likeness (QED) is 0.604. The maximum atomic E-state index is 13.5. The number of hydrogen-bond donors (Lipinski definition) is 1. The molecule has 1 saturated heterocycles. The van der Waals surface area contributed by atoms with Gasteiger partial charge in [0.2, 0.25) is 5.91 Å². The number of para-hydroxylation sites is 1. The number of nitrogens with one attached hydrogen (secondary N) is 1. The van der Waals surface area contributed by atoms with Crippen molar-refractivity contribution < 1.29 is 9.53 Å². The van der Waals surface area contributed by atoms with E-state index in [0.717, 1.165) is 38.2 Å². The minimum absolute atomic E-state index is 0.0704. The Kier molecular flexibility index (Phi) is 6.43. The van der Waals surface area contributed by atoms with Crippen molar-refractivity contribution in [3.8, 4) is 5.75 Å². The van der Waals surface area contributed by atoms with E-state index in [1.165, 1.54) is 28.1 Å². The second-order valence-electron chi connectivity index (χ2n) is 9.37. The molecule has 0 aromatic heterocycles. The highest BCUT2D eigenvalue weighted by Gasteiger charge is 2.41. The second kappa shape index (κ2) is 9.80. The number of nitrogens with zero attached hydrogens (tertiary/aromatic N) is 2. The van der Waals surface area contributed by atoms with Crippen molar-refractivity contribution in [1.29, 1.82) is 0 Å². The summed E-state index contributed by atoms with van der Waals surface area (Å²) in [5.41, 5.74) is 6.27. The first-order valence-electron chi connectivity index (χ1n) is 12.2. The summed E-state index contributed by atoms with van der Waals surface area (Å²) in [4.78, 5) is 18.4. The third kappa shape index (κ3) is 4.60. The molecule has 3 aromatic carbocycles. The van der Waals surface area contributed by atoms with Crippen LogP contribution in [0.4, 0.5) is 11.4 Å². The Morgan fingerprint density at radius 2 is 1.76 bits per heavy atom. The molecule has 2 aliphatic heterocycles. The van der Waals surface area contributed by atoms with Gasteiger partial charge in [0.05, 0.1) is 19.1 Å². The molecule has 2 aliphatic rings. The summed E-state index contributed by atoms with van der Waals surface area (Å²) in [5, 5.41) is 3.24. The van der Waals surface area contributed by atoms with Crippen molar-refractivity contribution in [2.45, 2.75) is 25.8 Å². The number of anilines is 2. The molecule has 5 heteroatoms. The van der Waals surface area contributed by atoms with Crippen LogP contribution in [0.1, 0.15) is 16.7 Å². The van der Waals surface area contributed by atoms with E-state index in [-0.39, 0.29) is 17.9 Å². The van der Waals surface area contributed by atoms with E-state index >= 15 is 0 Å². The van der Waals surface area contributed by atoms with Gasteiger partial charge in [0.15, 0.2) is 0 Å². The van der Waals surface area contributed by atoms with Gasteiger partial charge in [-0.15, -0.1) is 0 Å². The van der Waals surface area contributed by atoms with Crippen molar-refractivity contribution >= 4 is 17.3 Å². The highest BCUT2D eigenvalue weighted by molar-refractivity contribution is 5.82. The van der Waals surface area contributed by atoms with Crippen LogP contribution >= 0.6 is 0 Å². The fourth-order valence-electron chi connectivity index (χ4n) is 5.30. The van der Waals surface area contributed by atoms with Gasteiger partial charge in [-0.25, -0.2) is 0 Å². The number of piperazine rings is 1. The fraction of sp³-hybridized carbons (Fsp3) is 0.345. The van der Waals surface area contributed by atoms with E-state index < -0.39 is 0 Å². The highest BCUT2D eigenvalue weighted by atomic mass is 16.5. The molecule has 2 heterocycles. The van der Waals surface area contributed by atoms with Gasteiger partial charge in [0.1, 0.15) is 5.75 Å². The Labute approximate surface area is 202 Å². The Balaban J connectivity index is 1.31. The van der Waals surface area contributed by atoms with E-state index in [9.17, 15) is 4.79 Å². The molecule has 5 nitrogen and oxygen atoms in total. The summed E-state index contributed by atoms with van der Waals surface area (Å²) < 4.78 is 5.24. The zero-order chi connectivity index (χ0) is 23.5. The Bertz CT molecular complexity index is 1130. The molecule has 0 bridgehead atoms. The van der Waals surface area contributed by atoms with Gasteiger partial charge in [-0.05, 0) is 61.2 Å². The van der Waals surface area contributed by atoms with Crippen LogP contribution in [0.3, 0.4) is 0 Å². The van der Waals surface area contributed by atoms with Crippen LogP contribution in [0.5, 0.6) is 5.75 Å². The lowest BCUT2D eigenvalue weighted by Gasteiger charge is -2.49. The summed E-state index contributed by atoms with van der Waals surface area (Å²) in [5.74, 6) is 0.937. The molecule has 2 atom stereocenters. The average Bonchev–Trinajstić information content (AvgIpc) is 2.88. The minimum atomic E-state index is -0.0704. The molecule has 34 heavy (non-hydrogen) atoms. The molecule has 0 radical (unpaired) electrons. The number of methoxy groups -OCH3 is 1. The first-order valence-corrected chi connectivity index (χ1v) is 12.2. The Hall–Kier alpha value is -3.47. The molecular weight excluding hydrogens is 422 g/mol. The smallest absolute Gasteiger partial charge is 0.225 e. The third-order valence-electron chi connectivity index (χ3n) is 7.23. The summed E-state index contributed by atoms with van der Waals surface area (Å²) in [7, 11) is 1.67. The topological polar surface area (TPSA) is 44.8 Å². The van der Waals surface area contributed by atoms with E-state index in [2.05, 4.69) is 82.7 Å². The lowest BCUT2D eigenvalue weighted by Crippen LogP contribution is -2.61. The van der Waals surface area contributed by atoms with Gasteiger partial charge in [-0.2, -0.15) is 0 Å². The van der Waals surface area contributed by atoms with Crippen LogP contribution in [-0.2, 0) is 17.6 Å². The predicted octanol–water partition coefficient (Wildman–Crippen LogP) is 4.23. The van der Waals surface area contributed by atoms with Crippen LogP contribution in [0.15, 0.2) is 72.8 Å². The number of benzene rings is 3. The second-order valence-corrected chi connectivity index (χ2v) is 9.37. The number of carbonyl (C=O) groups is 1. The fourth-order valence-corrected chi connectivity index (χ4v) is 5.30. The molecule has 1 N–H and O–H groups in total. The Morgan fingerprint density at radius 1 is 1.00 bits per heavy atom. The Morgan fingerprint density at radius 3 is 2.53 bits per heavy atom. The van der Waals surface area contributed by atoms with Gasteiger partial charge >= 0.3 is 0 Å². The molecule has 2 unspecified atom stereocenters. The molecule has 176 valence electrons. The first-order chi connectivity index (χ1) is 16.6. The largest absolute Gasteiger partial charge is 0.497 e. The number of rotatable bonds is 6. The number of aryl methyl sites for hydroxylation is 1. The van der Waals surface area contributed by atoms with Crippen molar-refractivity contribution in [1.82, 2.24) is 5.32 Å². The van der Waals surface area contributed by atoms with Gasteiger partial charge < -0.3 is 19.9 Å². The van der Waals surface area contributed by atoms with E-state index in [1.54, 1.807) is 7.11 Å². The van der Waals surface area contributed by atoms with Crippen molar-refractivity contribution in [2.75, 3.05) is 43.1 Å². The molecule has 0 aliphatic carbocycles. The molecule has 1 amide bonds. The lowest BCUT2D eigenvalue weighted by molar-refractivity contribution is -0.125. The normalized spacial score (nSPS) is 19.2. The molecule has 3 aromatic rings. The molecule has 1 fully saturated rings. The van der Waals surface area contributed by atoms with Crippen LogP contribution < -0.4 is 19.9 Å². The zero-order valence-electron chi connectivity index (χ0n) is 20.0. The van der Waals surface area contributed by atoms with Gasteiger partial charge in [0, 0.05) is 37.6 Å². The molecule has 5 rings (SSSR count). The number of fused-ring (bicyclic) bond motifs is 3. The monoisotopic (exact) mass is 455 g/mol. The van der Waals surface area contributed by atoms with Crippen LogP contribution in [0, 0.1) is 12.8 Å². The number of hydrogen-bond acceptors (Lipinski definition) is 4. The minimum Gasteiger partial charge on any atom is -0.497 e. The average molecular weight is 456 g/mol. The zero-order valence-corrected chi connectivity index (χ0v) is 20.0. The molecule has 0 saturated carbocycles. The van der Waals surface area contributed by atoms with E-state index in [1.807, 2.05) is 12.1 Å². The van der Waals surface area contributed by atoms with Gasteiger partial charge in [-0.3, -0.25) is 4.79 Å². The van der Waals surface area contributed by atoms with Crippen molar-refractivity contribution in [2.24, 2.45) is 5.92 Å². The van der Waals surface area contributed by atoms with Crippen molar-refractivity contribution in [3.63, 3.8) is 0 Å². The van der Waals surface area contributed by atoms with Crippen LogP contribution in [0.25, 0.3) is 0 Å². The summed E-state index contributed by atoms with van der Waals surface area (Å²) >= 11 is 0. The maximum absolute atomic E-state index is 13.5. The van der Waals surface area contributed by atoms with Gasteiger partial charge in [-0.1, -0.05) is 48.0 Å². The molecular formula is C29H33N3O2.